The molecule has 136 valence electrons. The van der Waals surface area contributed by atoms with Gasteiger partial charge in [0.15, 0.2) is 0 Å². The first-order valence-corrected chi connectivity index (χ1v) is 10.3. The highest BCUT2D eigenvalue weighted by Gasteiger charge is 2.22. The summed E-state index contributed by atoms with van der Waals surface area (Å²) in [6, 6.07) is 4.78. The lowest BCUT2D eigenvalue weighted by atomic mass is 10.0. The van der Waals surface area contributed by atoms with Crippen LogP contribution in [0, 0.1) is 6.92 Å². The molecule has 1 aliphatic rings. The molecule has 0 aromatic carbocycles. The molecule has 1 saturated heterocycles. The Labute approximate surface area is 158 Å². The third-order valence-electron chi connectivity index (χ3n) is 5.10. The van der Waals surface area contributed by atoms with Gasteiger partial charge in [0.1, 0.15) is 12.1 Å². The summed E-state index contributed by atoms with van der Waals surface area (Å²) in [6.07, 6.45) is 10.1. The first kappa shape index (κ1) is 17.4. The monoisotopic (exact) mass is 367 g/mol. The summed E-state index contributed by atoms with van der Waals surface area (Å²) in [4.78, 5) is 15.6. The number of hydrogen-bond donors (Lipinski definition) is 1. The molecule has 6 heteroatoms. The third-order valence-corrected chi connectivity index (χ3v) is 6.19. The van der Waals surface area contributed by atoms with Crippen LogP contribution in [0.5, 0.6) is 0 Å². The van der Waals surface area contributed by atoms with Crippen LogP contribution in [0.15, 0.2) is 36.2 Å². The first-order valence-electron chi connectivity index (χ1n) is 9.37. The molecule has 0 amide bonds. The molecule has 4 rings (SSSR count). The molecule has 5 nitrogen and oxygen atoms in total. The molecule has 0 aliphatic carbocycles. The number of aromatic nitrogens is 3. The van der Waals surface area contributed by atoms with E-state index in [1.807, 2.05) is 18.5 Å². The van der Waals surface area contributed by atoms with Gasteiger partial charge in [-0.15, -0.1) is 11.3 Å². The predicted molar refractivity (Wildman–Crippen MR) is 108 cm³/mol. The van der Waals surface area contributed by atoms with Crippen molar-refractivity contribution in [1.29, 1.82) is 0 Å². The fraction of sp³-hybridized carbons (Fsp3) is 0.450. The standard InChI is InChI=1S/C20H25N5S/c1-15-13-26-19-18(15)23-14-24-20(19)25-10-6-17(7-11-25)22-9-3-5-16-4-2-8-21-12-16/h2,4,8,12-14,17,22H,3,5-7,9-11H2,1H3. The number of nitrogens with one attached hydrogen (secondary N) is 1. The molecular weight excluding hydrogens is 342 g/mol. The highest BCUT2D eigenvalue weighted by molar-refractivity contribution is 7.18. The van der Waals surface area contributed by atoms with Crippen molar-refractivity contribution in [2.24, 2.45) is 0 Å². The minimum absolute atomic E-state index is 0.613. The number of anilines is 1. The molecule has 0 spiro atoms. The zero-order valence-corrected chi connectivity index (χ0v) is 16.0. The van der Waals surface area contributed by atoms with Gasteiger partial charge in [0, 0.05) is 31.5 Å². The second kappa shape index (κ2) is 8.10. The second-order valence-corrected chi connectivity index (χ2v) is 7.85. The van der Waals surface area contributed by atoms with Crippen LogP contribution in [-0.2, 0) is 6.42 Å². The Kier molecular flexibility index (Phi) is 5.41. The Morgan fingerprint density at radius 2 is 2.15 bits per heavy atom. The minimum atomic E-state index is 0.613. The number of piperidine rings is 1. The van der Waals surface area contributed by atoms with E-state index < -0.39 is 0 Å². The summed E-state index contributed by atoms with van der Waals surface area (Å²) in [5, 5.41) is 5.91. The maximum atomic E-state index is 4.58. The van der Waals surface area contributed by atoms with Crippen molar-refractivity contribution in [3.8, 4) is 0 Å². The summed E-state index contributed by atoms with van der Waals surface area (Å²) in [6.45, 7) is 5.31. The van der Waals surface area contributed by atoms with Gasteiger partial charge in [-0.3, -0.25) is 4.98 Å². The van der Waals surface area contributed by atoms with E-state index in [1.54, 1.807) is 17.7 Å². The average Bonchev–Trinajstić information content (AvgIpc) is 3.08. The molecule has 26 heavy (non-hydrogen) atoms. The largest absolute Gasteiger partial charge is 0.355 e. The maximum absolute atomic E-state index is 4.58. The lowest BCUT2D eigenvalue weighted by Crippen LogP contribution is -2.43. The van der Waals surface area contributed by atoms with E-state index >= 15 is 0 Å². The van der Waals surface area contributed by atoms with Gasteiger partial charge >= 0.3 is 0 Å². The molecule has 0 radical (unpaired) electrons. The van der Waals surface area contributed by atoms with Crippen molar-refractivity contribution in [1.82, 2.24) is 20.3 Å². The summed E-state index contributed by atoms with van der Waals surface area (Å²) in [7, 11) is 0. The summed E-state index contributed by atoms with van der Waals surface area (Å²) >= 11 is 1.76. The van der Waals surface area contributed by atoms with E-state index in [9.17, 15) is 0 Å². The highest BCUT2D eigenvalue weighted by atomic mass is 32.1. The van der Waals surface area contributed by atoms with Crippen molar-refractivity contribution in [3.63, 3.8) is 0 Å². The summed E-state index contributed by atoms with van der Waals surface area (Å²) < 4.78 is 1.23. The maximum Gasteiger partial charge on any atom is 0.150 e. The average molecular weight is 368 g/mol. The molecule has 0 unspecified atom stereocenters. The van der Waals surface area contributed by atoms with E-state index in [0.29, 0.717) is 6.04 Å². The van der Waals surface area contributed by atoms with Crippen LogP contribution in [0.1, 0.15) is 30.4 Å². The van der Waals surface area contributed by atoms with Gasteiger partial charge in [-0.1, -0.05) is 6.07 Å². The van der Waals surface area contributed by atoms with E-state index in [0.717, 1.165) is 43.8 Å². The van der Waals surface area contributed by atoms with Crippen molar-refractivity contribution in [2.75, 3.05) is 24.5 Å². The van der Waals surface area contributed by atoms with Gasteiger partial charge in [0.25, 0.3) is 0 Å². The van der Waals surface area contributed by atoms with Crippen LogP contribution in [-0.4, -0.2) is 40.6 Å². The van der Waals surface area contributed by atoms with E-state index in [-0.39, 0.29) is 0 Å². The molecule has 0 atom stereocenters. The van der Waals surface area contributed by atoms with Gasteiger partial charge in [0.05, 0.1) is 10.2 Å². The van der Waals surface area contributed by atoms with Gasteiger partial charge in [-0.05, 0) is 61.7 Å². The van der Waals surface area contributed by atoms with E-state index in [2.05, 4.69) is 43.5 Å². The van der Waals surface area contributed by atoms with Gasteiger partial charge in [0.2, 0.25) is 0 Å². The zero-order valence-electron chi connectivity index (χ0n) is 15.2. The van der Waals surface area contributed by atoms with Crippen LogP contribution < -0.4 is 10.2 Å². The number of rotatable bonds is 6. The summed E-state index contributed by atoms with van der Waals surface area (Å²) in [5.74, 6) is 1.11. The molecule has 1 aliphatic heterocycles. The lowest BCUT2D eigenvalue weighted by molar-refractivity contribution is 0.412. The fourth-order valence-electron chi connectivity index (χ4n) is 3.62. The van der Waals surface area contributed by atoms with Gasteiger partial charge < -0.3 is 10.2 Å². The third kappa shape index (κ3) is 3.86. The smallest absolute Gasteiger partial charge is 0.150 e. The zero-order chi connectivity index (χ0) is 17.8. The Bertz CT molecular complexity index is 840. The van der Waals surface area contributed by atoms with Crippen LogP contribution in [0.3, 0.4) is 0 Å². The Morgan fingerprint density at radius 1 is 1.27 bits per heavy atom. The lowest BCUT2D eigenvalue weighted by Gasteiger charge is -2.33. The number of nitrogens with zero attached hydrogens (tertiary/aromatic N) is 4. The predicted octanol–water partition coefficient (Wildman–Crippen LogP) is 3.59. The van der Waals surface area contributed by atoms with Crippen molar-refractivity contribution in [2.45, 2.75) is 38.6 Å². The molecule has 1 N–H and O–H groups in total. The normalized spacial score (nSPS) is 15.7. The molecule has 0 saturated carbocycles. The van der Waals surface area contributed by atoms with Crippen molar-refractivity contribution < 1.29 is 0 Å². The minimum Gasteiger partial charge on any atom is -0.355 e. The molecule has 0 bridgehead atoms. The number of aryl methyl sites for hydroxylation is 2. The first-order chi connectivity index (χ1) is 12.8. The SMILES string of the molecule is Cc1csc2c(N3CCC(NCCCc4cccnc4)CC3)ncnc12. The van der Waals surface area contributed by atoms with Crippen LogP contribution in [0.25, 0.3) is 10.2 Å². The fourth-order valence-corrected chi connectivity index (χ4v) is 4.64. The Hall–Kier alpha value is -2.05. The molecule has 1 fully saturated rings. The second-order valence-electron chi connectivity index (χ2n) is 6.97. The number of hydrogen-bond acceptors (Lipinski definition) is 6. The van der Waals surface area contributed by atoms with E-state index in [1.165, 1.54) is 28.7 Å². The quantitative estimate of drug-likeness (QED) is 0.675. The Morgan fingerprint density at radius 3 is 2.96 bits per heavy atom. The topological polar surface area (TPSA) is 53.9 Å². The van der Waals surface area contributed by atoms with Crippen LogP contribution >= 0.6 is 11.3 Å². The summed E-state index contributed by atoms with van der Waals surface area (Å²) in [5.41, 5.74) is 3.68. The highest BCUT2D eigenvalue weighted by Crippen LogP contribution is 2.32. The van der Waals surface area contributed by atoms with Crippen LogP contribution in [0.2, 0.25) is 0 Å². The molecule has 3 aromatic rings. The number of thiophene rings is 1. The number of pyridine rings is 1. The van der Waals surface area contributed by atoms with E-state index in [4.69, 9.17) is 0 Å². The van der Waals surface area contributed by atoms with Crippen LogP contribution in [0.4, 0.5) is 5.82 Å². The van der Waals surface area contributed by atoms with Gasteiger partial charge in [-0.25, -0.2) is 9.97 Å². The molecule has 3 aromatic heterocycles. The van der Waals surface area contributed by atoms with Crippen molar-refractivity contribution >= 4 is 27.4 Å². The molecular formula is C20H25N5S. The Balaban J connectivity index is 1.26. The van der Waals surface area contributed by atoms with Gasteiger partial charge in [-0.2, -0.15) is 0 Å². The van der Waals surface area contributed by atoms with Crippen molar-refractivity contribution in [3.05, 3.63) is 47.4 Å². The molecule has 4 heterocycles. The number of fused-ring (bicyclic) bond motifs is 1.